The molecule has 1 amide bonds. The molecule has 1 aromatic carbocycles. The van der Waals surface area contributed by atoms with Crippen LogP contribution >= 0.6 is 11.8 Å². The second-order valence-corrected chi connectivity index (χ2v) is 5.14. The summed E-state index contributed by atoms with van der Waals surface area (Å²) in [6.45, 7) is 0. The van der Waals surface area contributed by atoms with Crippen molar-refractivity contribution < 1.29 is 19.2 Å². The van der Waals surface area contributed by atoms with Gasteiger partial charge in [0.15, 0.2) is 0 Å². The summed E-state index contributed by atoms with van der Waals surface area (Å²) < 4.78 is 4.48. The van der Waals surface area contributed by atoms with Crippen molar-refractivity contribution in [2.45, 2.75) is 11.8 Å². The van der Waals surface area contributed by atoms with Crippen molar-refractivity contribution in [1.82, 2.24) is 0 Å². The molecule has 0 heterocycles. The lowest BCUT2D eigenvalue weighted by Crippen LogP contribution is -2.33. The highest BCUT2D eigenvalue weighted by Crippen LogP contribution is 2.25. The molecule has 0 aromatic heterocycles. The number of esters is 1. The van der Waals surface area contributed by atoms with Crippen molar-refractivity contribution in [3.63, 3.8) is 0 Å². The van der Waals surface area contributed by atoms with Crippen LogP contribution in [-0.4, -0.2) is 35.7 Å². The van der Waals surface area contributed by atoms with E-state index < -0.39 is 22.8 Å². The molecule has 0 bridgehead atoms. The van der Waals surface area contributed by atoms with E-state index in [1.165, 1.54) is 31.0 Å². The molecule has 4 N–H and O–H groups in total. The van der Waals surface area contributed by atoms with Crippen molar-refractivity contribution >= 4 is 29.3 Å². The van der Waals surface area contributed by atoms with Gasteiger partial charge in [0.1, 0.15) is 6.04 Å². The fraction of sp³-hybridized carbons (Fsp3) is 0.333. The van der Waals surface area contributed by atoms with Crippen LogP contribution in [0.4, 0.5) is 5.69 Å². The van der Waals surface area contributed by atoms with Gasteiger partial charge in [0.25, 0.3) is 5.69 Å². The maximum Gasteiger partial charge on any atom is 0.323 e. The molecule has 1 aromatic rings. The van der Waals surface area contributed by atoms with E-state index in [1.54, 1.807) is 0 Å². The molecule has 0 radical (unpaired) electrons. The SMILES string of the molecule is COC(=O)C(N)CSCc1ccc(C(N)=O)cc1[N+](=O)[O-]. The molecule has 0 saturated heterocycles. The third kappa shape index (κ3) is 4.72. The average molecular weight is 313 g/mol. The van der Waals surface area contributed by atoms with E-state index in [9.17, 15) is 19.7 Å². The fourth-order valence-electron chi connectivity index (χ4n) is 1.52. The van der Waals surface area contributed by atoms with Gasteiger partial charge in [-0.05, 0) is 6.07 Å². The Morgan fingerprint density at radius 1 is 1.48 bits per heavy atom. The van der Waals surface area contributed by atoms with Gasteiger partial charge in [0, 0.05) is 28.7 Å². The van der Waals surface area contributed by atoms with Crippen molar-refractivity contribution in [3.8, 4) is 0 Å². The Morgan fingerprint density at radius 3 is 2.67 bits per heavy atom. The monoisotopic (exact) mass is 313 g/mol. The first kappa shape index (κ1) is 16.9. The van der Waals surface area contributed by atoms with Crippen molar-refractivity contribution in [2.75, 3.05) is 12.9 Å². The highest BCUT2D eigenvalue weighted by molar-refractivity contribution is 7.98. The number of carbonyl (C=O) groups excluding carboxylic acids is 2. The van der Waals surface area contributed by atoms with E-state index >= 15 is 0 Å². The minimum Gasteiger partial charge on any atom is -0.468 e. The number of hydrogen-bond acceptors (Lipinski definition) is 7. The molecule has 0 aliphatic heterocycles. The van der Waals surface area contributed by atoms with Crippen LogP contribution in [0, 0.1) is 10.1 Å². The zero-order valence-electron chi connectivity index (χ0n) is 11.3. The van der Waals surface area contributed by atoms with Crippen molar-refractivity contribution in [2.24, 2.45) is 11.5 Å². The van der Waals surface area contributed by atoms with Crippen LogP contribution in [0.2, 0.25) is 0 Å². The predicted molar refractivity (Wildman–Crippen MR) is 77.8 cm³/mol. The number of nitrogens with zero attached hydrogens (tertiary/aromatic N) is 1. The quantitative estimate of drug-likeness (QED) is 0.422. The standard InChI is InChI=1S/C12H15N3O5S/c1-20-12(17)9(13)6-21-5-8-3-2-7(11(14)16)4-10(8)15(18)19/h2-4,9H,5-6,13H2,1H3,(H2,14,16). The predicted octanol–water partition coefficient (Wildman–Crippen LogP) is 0.427. The van der Waals surface area contributed by atoms with Crippen LogP contribution in [0.25, 0.3) is 0 Å². The number of amides is 1. The van der Waals surface area contributed by atoms with Crippen LogP contribution in [0.5, 0.6) is 0 Å². The van der Waals surface area contributed by atoms with E-state index in [1.807, 2.05) is 0 Å². The lowest BCUT2D eigenvalue weighted by atomic mass is 10.1. The van der Waals surface area contributed by atoms with E-state index in [0.29, 0.717) is 5.56 Å². The first-order valence-corrected chi connectivity index (χ1v) is 7.00. The smallest absolute Gasteiger partial charge is 0.323 e. The Kier molecular flexibility index (Phi) is 6.12. The molecule has 1 rings (SSSR count). The minimum atomic E-state index is -0.788. The summed E-state index contributed by atoms with van der Waals surface area (Å²) in [4.78, 5) is 32.6. The Bertz CT molecular complexity index is 564. The second-order valence-electron chi connectivity index (χ2n) is 4.11. The lowest BCUT2D eigenvalue weighted by molar-refractivity contribution is -0.385. The van der Waals surface area contributed by atoms with Crippen LogP contribution in [0.3, 0.4) is 0 Å². The Labute approximate surface area is 125 Å². The molecule has 0 saturated carbocycles. The summed E-state index contributed by atoms with van der Waals surface area (Å²) in [7, 11) is 1.24. The van der Waals surface area contributed by atoms with Crippen LogP contribution in [-0.2, 0) is 15.3 Å². The van der Waals surface area contributed by atoms with Gasteiger partial charge in [-0.25, -0.2) is 0 Å². The topological polar surface area (TPSA) is 139 Å². The number of methoxy groups -OCH3 is 1. The van der Waals surface area contributed by atoms with E-state index in [2.05, 4.69) is 4.74 Å². The summed E-state index contributed by atoms with van der Waals surface area (Å²) in [6, 6.07) is 3.24. The van der Waals surface area contributed by atoms with Gasteiger partial charge in [-0.3, -0.25) is 19.7 Å². The van der Waals surface area contributed by atoms with Gasteiger partial charge < -0.3 is 16.2 Å². The Morgan fingerprint density at radius 2 is 2.14 bits per heavy atom. The fourth-order valence-corrected chi connectivity index (χ4v) is 2.50. The number of ether oxygens (including phenoxy) is 1. The van der Waals surface area contributed by atoms with Crippen LogP contribution < -0.4 is 11.5 Å². The molecule has 1 atom stereocenters. The molecule has 8 nitrogen and oxygen atoms in total. The number of thioether (sulfide) groups is 1. The van der Waals surface area contributed by atoms with Gasteiger partial charge in [-0.1, -0.05) is 6.07 Å². The number of primary amides is 1. The summed E-state index contributed by atoms with van der Waals surface area (Å²) in [5.74, 6) is -0.729. The molecule has 0 fully saturated rings. The van der Waals surface area contributed by atoms with E-state index in [0.717, 1.165) is 6.07 Å². The molecule has 0 aliphatic rings. The zero-order valence-corrected chi connectivity index (χ0v) is 12.1. The number of nitro groups is 1. The van der Waals surface area contributed by atoms with Crippen molar-refractivity contribution in [1.29, 1.82) is 0 Å². The van der Waals surface area contributed by atoms with Gasteiger partial charge in [-0.2, -0.15) is 11.8 Å². The molecule has 1 unspecified atom stereocenters. The van der Waals surface area contributed by atoms with Gasteiger partial charge in [0.2, 0.25) is 5.91 Å². The van der Waals surface area contributed by atoms with Crippen LogP contribution in [0.1, 0.15) is 15.9 Å². The molecule has 0 aliphatic carbocycles. The van der Waals surface area contributed by atoms with Gasteiger partial charge in [-0.15, -0.1) is 0 Å². The third-order valence-electron chi connectivity index (χ3n) is 2.63. The minimum absolute atomic E-state index is 0.0710. The summed E-state index contributed by atoms with van der Waals surface area (Å²) in [6.07, 6.45) is 0. The second kappa shape index (κ2) is 7.60. The molecular formula is C12H15N3O5S. The number of nitrogens with two attached hydrogens (primary N) is 2. The maximum absolute atomic E-state index is 11.1. The van der Waals surface area contributed by atoms with Gasteiger partial charge in [0.05, 0.1) is 12.0 Å². The summed E-state index contributed by atoms with van der Waals surface area (Å²) in [5.41, 5.74) is 11.0. The number of nitro benzene ring substituents is 1. The Balaban J connectivity index is 2.77. The highest BCUT2D eigenvalue weighted by Gasteiger charge is 2.18. The highest BCUT2D eigenvalue weighted by atomic mass is 32.2. The van der Waals surface area contributed by atoms with Gasteiger partial charge >= 0.3 is 5.97 Å². The normalized spacial score (nSPS) is 11.7. The first-order chi connectivity index (χ1) is 9.86. The lowest BCUT2D eigenvalue weighted by Gasteiger charge is -2.09. The third-order valence-corrected chi connectivity index (χ3v) is 3.74. The molecule has 114 valence electrons. The molecule has 21 heavy (non-hydrogen) atoms. The van der Waals surface area contributed by atoms with E-state index in [4.69, 9.17) is 11.5 Å². The number of benzene rings is 1. The number of hydrogen-bond donors (Lipinski definition) is 2. The maximum atomic E-state index is 11.1. The summed E-state index contributed by atoms with van der Waals surface area (Å²) >= 11 is 1.26. The largest absolute Gasteiger partial charge is 0.468 e. The summed E-state index contributed by atoms with van der Waals surface area (Å²) in [5, 5.41) is 11.0. The molecular weight excluding hydrogens is 298 g/mol. The van der Waals surface area contributed by atoms with E-state index in [-0.39, 0.29) is 22.8 Å². The first-order valence-electron chi connectivity index (χ1n) is 5.85. The molecule has 0 spiro atoms. The average Bonchev–Trinajstić information content (AvgIpc) is 2.45. The van der Waals surface area contributed by atoms with Crippen molar-refractivity contribution in [3.05, 3.63) is 39.4 Å². The van der Waals surface area contributed by atoms with Crippen LogP contribution in [0.15, 0.2) is 18.2 Å². The zero-order chi connectivity index (χ0) is 16.0. The Hall–Kier alpha value is -2.13. The number of rotatable bonds is 7. The molecule has 9 heteroatoms. The number of carbonyl (C=O) groups is 2.